The predicted octanol–water partition coefficient (Wildman–Crippen LogP) is 1.90. The molecule has 1 spiro atoms. The normalized spacial score (nSPS) is 26.7. The van der Waals surface area contributed by atoms with Crippen LogP contribution in [0.15, 0.2) is 30.3 Å². The van der Waals surface area contributed by atoms with Crippen molar-refractivity contribution in [2.45, 2.75) is 12.8 Å². The molecule has 128 valence electrons. The van der Waals surface area contributed by atoms with E-state index in [4.69, 9.17) is 9.47 Å². The highest BCUT2D eigenvalue weighted by Crippen LogP contribution is 2.33. The molecule has 2 heterocycles. The van der Waals surface area contributed by atoms with Gasteiger partial charge in [-0.05, 0) is 24.9 Å². The van der Waals surface area contributed by atoms with Crippen molar-refractivity contribution in [3.05, 3.63) is 35.9 Å². The van der Waals surface area contributed by atoms with E-state index in [1.54, 1.807) is 7.11 Å². The Labute approximate surface area is 140 Å². The van der Waals surface area contributed by atoms with Gasteiger partial charge in [-0.15, -0.1) is 0 Å². The summed E-state index contributed by atoms with van der Waals surface area (Å²) < 4.78 is 11.2. The Morgan fingerprint density at radius 2 is 1.87 bits per heavy atom. The van der Waals surface area contributed by atoms with Crippen LogP contribution < -0.4 is 0 Å². The van der Waals surface area contributed by atoms with Crippen molar-refractivity contribution >= 4 is 0 Å². The van der Waals surface area contributed by atoms with Crippen molar-refractivity contribution in [1.82, 2.24) is 9.80 Å². The second-order valence-electron chi connectivity index (χ2n) is 7.08. The largest absolute Gasteiger partial charge is 0.383 e. The Hall–Kier alpha value is -0.940. The Balaban J connectivity index is 1.54. The molecule has 23 heavy (non-hydrogen) atoms. The van der Waals surface area contributed by atoms with E-state index in [9.17, 15) is 0 Å². The predicted molar refractivity (Wildman–Crippen MR) is 92.8 cm³/mol. The van der Waals surface area contributed by atoms with Gasteiger partial charge in [0.15, 0.2) is 0 Å². The molecule has 2 fully saturated rings. The third kappa shape index (κ3) is 4.77. The first-order chi connectivity index (χ1) is 11.3. The maximum absolute atomic E-state index is 5.97. The van der Waals surface area contributed by atoms with Gasteiger partial charge in [-0.3, -0.25) is 0 Å². The maximum atomic E-state index is 5.97. The van der Waals surface area contributed by atoms with E-state index >= 15 is 0 Å². The fourth-order valence-corrected chi connectivity index (χ4v) is 3.89. The summed E-state index contributed by atoms with van der Waals surface area (Å²) in [6, 6.07) is 10.8. The Morgan fingerprint density at radius 3 is 2.65 bits per heavy atom. The van der Waals surface area contributed by atoms with Gasteiger partial charge in [-0.25, -0.2) is 0 Å². The molecule has 0 bridgehead atoms. The van der Waals surface area contributed by atoms with Crippen molar-refractivity contribution in [2.75, 3.05) is 66.2 Å². The molecule has 4 nitrogen and oxygen atoms in total. The molecule has 0 aliphatic carbocycles. The highest BCUT2D eigenvalue weighted by Gasteiger charge is 2.40. The summed E-state index contributed by atoms with van der Waals surface area (Å²) in [7, 11) is 1.78. The summed E-state index contributed by atoms with van der Waals surface area (Å²) >= 11 is 0. The number of nitrogens with zero attached hydrogens (tertiary/aromatic N) is 2. The van der Waals surface area contributed by atoms with Crippen LogP contribution in [0.25, 0.3) is 0 Å². The average molecular weight is 318 g/mol. The van der Waals surface area contributed by atoms with Gasteiger partial charge in [-0.1, -0.05) is 30.3 Å². The third-order valence-corrected chi connectivity index (χ3v) is 5.21. The number of hydrogen-bond donors (Lipinski definition) is 0. The molecule has 1 aromatic carbocycles. The number of rotatable bonds is 6. The molecule has 4 heteroatoms. The number of ether oxygens (including phenoxy) is 2. The minimum atomic E-state index is 0.320. The highest BCUT2D eigenvalue weighted by atomic mass is 16.5. The van der Waals surface area contributed by atoms with E-state index in [0.29, 0.717) is 5.41 Å². The quantitative estimate of drug-likeness (QED) is 0.800. The Bertz CT molecular complexity index is 468. The summed E-state index contributed by atoms with van der Waals surface area (Å²) in [6.07, 6.45) is 2.38. The zero-order valence-corrected chi connectivity index (χ0v) is 14.4. The first-order valence-corrected chi connectivity index (χ1v) is 8.85. The third-order valence-electron chi connectivity index (χ3n) is 5.21. The van der Waals surface area contributed by atoms with Crippen LogP contribution in [0.4, 0.5) is 0 Å². The van der Waals surface area contributed by atoms with Crippen molar-refractivity contribution < 1.29 is 9.47 Å². The van der Waals surface area contributed by atoms with Crippen molar-refractivity contribution in [2.24, 2.45) is 5.41 Å². The number of likely N-dealkylation sites (tertiary alicyclic amines) is 1. The van der Waals surface area contributed by atoms with E-state index in [1.165, 1.54) is 25.1 Å². The lowest BCUT2D eigenvalue weighted by Gasteiger charge is -2.32. The van der Waals surface area contributed by atoms with Crippen LogP contribution in [0, 0.1) is 5.41 Å². The lowest BCUT2D eigenvalue weighted by atomic mass is 9.87. The van der Waals surface area contributed by atoms with E-state index in [0.717, 1.165) is 52.4 Å². The van der Waals surface area contributed by atoms with Crippen LogP contribution in [0.5, 0.6) is 0 Å². The van der Waals surface area contributed by atoms with Crippen LogP contribution in [0.1, 0.15) is 12.0 Å². The molecule has 0 aromatic heterocycles. The van der Waals surface area contributed by atoms with Crippen LogP contribution in [-0.2, 0) is 15.9 Å². The summed E-state index contributed by atoms with van der Waals surface area (Å²) in [5, 5.41) is 0. The second-order valence-corrected chi connectivity index (χ2v) is 7.08. The van der Waals surface area contributed by atoms with Gasteiger partial charge in [0.2, 0.25) is 0 Å². The number of methoxy groups -OCH3 is 1. The first-order valence-electron chi connectivity index (χ1n) is 8.85. The van der Waals surface area contributed by atoms with Crippen LogP contribution in [-0.4, -0.2) is 76.0 Å². The van der Waals surface area contributed by atoms with E-state index in [2.05, 4.69) is 40.1 Å². The summed E-state index contributed by atoms with van der Waals surface area (Å²) in [6.45, 7) is 9.35. The van der Waals surface area contributed by atoms with Gasteiger partial charge in [0, 0.05) is 45.2 Å². The van der Waals surface area contributed by atoms with Gasteiger partial charge < -0.3 is 19.3 Å². The lowest BCUT2D eigenvalue weighted by molar-refractivity contribution is 0.0684. The summed E-state index contributed by atoms with van der Waals surface area (Å²) in [5.41, 5.74) is 1.75. The maximum Gasteiger partial charge on any atom is 0.0593 e. The monoisotopic (exact) mass is 318 g/mol. The standard InChI is InChI=1S/C19H30N2O2/c1-22-13-11-21-10-8-19(16-21)15-20(12-14-23-17-19)9-7-18-5-3-2-4-6-18/h2-6H,7-17H2,1H3/t19-/m1/s1. The molecule has 0 radical (unpaired) electrons. The molecule has 0 amide bonds. The van der Waals surface area contributed by atoms with Gasteiger partial charge in [0.1, 0.15) is 0 Å². The molecule has 2 saturated heterocycles. The van der Waals surface area contributed by atoms with E-state index < -0.39 is 0 Å². The fourth-order valence-electron chi connectivity index (χ4n) is 3.89. The smallest absolute Gasteiger partial charge is 0.0593 e. The summed E-state index contributed by atoms with van der Waals surface area (Å²) in [4.78, 5) is 5.15. The van der Waals surface area contributed by atoms with E-state index in [1.807, 2.05) is 0 Å². The van der Waals surface area contributed by atoms with Gasteiger partial charge >= 0.3 is 0 Å². The van der Waals surface area contributed by atoms with Gasteiger partial charge in [0.05, 0.1) is 19.8 Å². The average Bonchev–Trinajstić information content (AvgIpc) is 2.86. The van der Waals surface area contributed by atoms with Gasteiger partial charge in [-0.2, -0.15) is 0 Å². The van der Waals surface area contributed by atoms with Crippen molar-refractivity contribution in [3.63, 3.8) is 0 Å². The minimum absolute atomic E-state index is 0.320. The molecule has 0 N–H and O–H groups in total. The molecule has 0 unspecified atom stereocenters. The topological polar surface area (TPSA) is 24.9 Å². The zero-order chi connectivity index (χ0) is 16.0. The lowest BCUT2D eigenvalue weighted by Crippen LogP contribution is -2.41. The zero-order valence-electron chi connectivity index (χ0n) is 14.4. The summed E-state index contributed by atoms with van der Waals surface area (Å²) in [5.74, 6) is 0. The Morgan fingerprint density at radius 1 is 1.09 bits per heavy atom. The van der Waals surface area contributed by atoms with Crippen LogP contribution >= 0.6 is 0 Å². The minimum Gasteiger partial charge on any atom is -0.383 e. The number of benzene rings is 1. The first kappa shape index (κ1) is 16.9. The molecular formula is C19H30N2O2. The van der Waals surface area contributed by atoms with Gasteiger partial charge in [0.25, 0.3) is 0 Å². The fraction of sp³-hybridized carbons (Fsp3) is 0.684. The van der Waals surface area contributed by atoms with Crippen LogP contribution in [0.2, 0.25) is 0 Å². The number of hydrogen-bond acceptors (Lipinski definition) is 4. The molecular weight excluding hydrogens is 288 g/mol. The highest BCUT2D eigenvalue weighted by molar-refractivity contribution is 5.14. The molecule has 2 aliphatic heterocycles. The molecule has 2 aliphatic rings. The molecule has 3 rings (SSSR count). The SMILES string of the molecule is COCCN1CC[C@]2(COCCN(CCc3ccccc3)C2)C1. The van der Waals surface area contributed by atoms with Crippen molar-refractivity contribution in [3.8, 4) is 0 Å². The van der Waals surface area contributed by atoms with E-state index in [-0.39, 0.29) is 0 Å². The molecule has 1 atom stereocenters. The van der Waals surface area contributed by atoms with Crippen molar-refractivity contribution in [1.29, 1.82) is 0 Å². The Kier molecular flexibility index (Phi) is 6.06. The second kappa shape index (κ2) is 8.25. The molecule has 1 aromatic rings. The van der Waals surface area contributed by atoms with Crippen LogP contribution in [0.3, 0.4) is 0 Å². The molecule has 0 saturated carbocycles.